The van der Waals surface area contributed by atoms with Crippen molar-refractivity contribution in [3.05, 3.63) is 0 Å². The van der Waals surface area contributed by atoms with Crippen molar-refractivity contribution in [1.82, 2.24) is 0 Å². The average molecular weight is 168 g/mol. The molecule has 0 aromatic heterocycles. The topological polar surface area (TPSA) is 17.1 Å². The van der Waals surface area contributed by atoms with E-state index in [-0.39, 0.29) is 0 Å². The van der Waals surface area contributed by atoms with Crippen molar-refractivity contribution in [1.29, 1.82) is 0 Å². The molecule has 62 valence electrons. The molecule has 2 atom stereocenters. The van der Waals surface area contributed by atoms with Gasteiger partial charge in [-0.15, -0.1) is 0 Å². The third kappa shape index (κ3) is 0.851. The summed E-state index contributed by atoms with van der Waals surface area (Å²) in [6, 6.07) is 0. The van der Waals surface area contributed by atoms with Crippen molar-refractivity contribution in [3.63, 3.8) is 0 Å². The fraction of sp³-hybridized carbons (Fsp3) is 0.889. The molecule has 0 aromatic rings. The van der Waals surface area contributed by atoms with Crippen LogP contribution in [0.2, 0.25) is 24.7 Å². The lowest BCUT2D eigenvalue weighted by Gasteiger charge is -2.26. The number of rotatable bonds is 1. The second-order valence-electron chi connectivity index (χ2n) is 5.23. The van der Waals surface area contributed by atoms with Crippen LogP contribution in [0.15, 0.2) is 0 Å². The number of carbonyl (C=O) groups is 1. The van der Waals surface area contributed by atoms with E-state index in [0.29, 0.717) is 10.8 Å². The Balaban J connectivity index is 2.22. The van der Waals surface area contributed by atoms with Crippen LogP contribution in [0.3, 0.4) is 0 Å². The van der Waals surface area contributed by atoms with E-state index >= 15 is 0 Å². The Morgan fingerprint density at radius 1 is 1.45 bits per heavy atom. The molecular weight excluding hydrogens is 152 g/mol. The Hall–Kier alpha value is -0.113. The van der Waals surface area contributed by atoms with Crippen LogP contribution in [-0.2, 0) is 4.79 Å². The van der Waals surface area contributed by atoms with E-state index in [9.17, 15) is 4.79 Å². The zero-order chi connectivity index (χ0) is 8.28. The Kier molecular flexibility index (Phi) is 1.23. The van der Waals surface area contributed by atoms with Crippen LogP contribution in [-0.4, -0.2) is 13.9 Å². The molecule has 2 fully saturated rings. The lowest BCUT2D eigenvalue weighted by Crippen LogP contribution is -2.30. The van der Waals surface area contributed by atoms with Crippen LogP contribution in [0.4, 0.5) is 0 Å². The number of ketones is 1. The average Bonchev–Trinajstić information content (AvgIpc) is 2.35. The van der Waals surface area contributed by atoms with Gasteiger partial charge in [-0.1, -0.05) is 19.6 Å². The van der Waals surface area contributed by atoms with Crippen LogP contribution in [0.1, 0.15) is 19.3 Å². The van der Waals surface area contributed by atoms with E-state index in [2.05, 4.69) is 19.6 Å². The van der Waals surface area contributed by atoms with Gasteiger partial charge in [-0.2, -0.15) is 0 Å². The predicted molar refractivity (Wildman–Crippen MR) is 48.4 cm³/mol. The molecule has 2 unspecified atom stereocenters. The van der Waals surface area contributed by atoms with Crippen LogP contribution in [0.5, 0.6) is 0 Å². The van der Waals surface area contributed by atoms with Crippen molar-refractivity contribution in [2.75, 3.05) is 0 Å². The zero-order valence-electron chi connectivity index (χ0n) is 7.61. The predicted octanol–water partition coefficient (Wildman–Crippen LogP) is 2.45. The second kappa shape index (κ2) is 1.79. The van der Waals surface area contributed by atoms with E-state index in [1.165, 1.54) is 6.42 Å². The molecule has 0 radical (unpaired) electrons. The lowest BCUT2D eigenvalue weighted by molar-refractivity contribution is -0.118. The summed E-state index contributed by atoms with van der Waals surface area (Å²) < 4.78 is 0. The van der Waals surface area contributed by atoms with E-state index in [1.807, 2.05) is 0 Å². The van der Waals surface area contributed by atoms with Gasteiger partial charge in [0.05, 0.1) is 8.07 Å². The summed E-state index contributed by atoms with van der Waals surface area (Å²) >= 11 is 0. The highest BCUT2D eigenvalue weighted by molar-refractivity contribution is 6.80. The van der Waals surface area contributed by atoms with Gasteiger partial charge in [-0.25, -0.2) is 0 Å². The minimum atomic E-state index is -1.04. The fourth-order valence-corrected chi connectivity index (χ4v) is 5.66. The lowest BCUT2D eigenvalue weighted by atomic mass is 10.2. The number of Topliss-reactive ketones (excluding diaryl/α,β-unsaturated/α-hetero) is 1. The van der Waals surface area contributed by atoms with E-state index in [0.717, 1.165) is 18.8 Å². The quantitative estimate of drug-likeness (QED) is 0.550. The van der Waals surface area contributed by atoms with Gasteiger partial charge in [0.2, 0.25) is 0 Å². The summed E-state index contributed by atoms with van der Waals surface area (Å²) in [6.45, 7) is 7.22. The van der Waals surface area contributed by atoms with Crippen molar-refractivity contribution in [3.8, 4) is 0 Å². The summed E-state index contributed by atoms with van der Waals surface area (Å²) in [4.78, 5) is 11.2. The molecule has 0 aromatic carbocycles. The molecule has 2 saturated carbocycles. The Bertz CT molecular complexity index is 216. The molecule has 0 heterocycles. The zero-order valence-corrected chi connectivity index (χ0v) is 8.61. The molecule has 1 nitrogen and oxygen atoms in total. The second-order valence-corrected chi connectivity index (χ2v) is 10.7. The molecule has 2 aliphatic carbocycles. The highest BCUT2D eigenvalue weighted by Crippen LogP contribution is 2.73. The van der Waals surface area contributed by atoms with Gasteiger partial charge < -0.3 is 0 Å². The highest BCUT2D eigenvalue weighted by Gasteiger charge is 2.65. The summed E-state index contributed by atoms with van der Waals surface area (Å²) in [5, 5.41) is 0.560. The Morgan fingerprint density at radius 2 is 2.09 bits per heavy atom. The van der Waals surface area contributed by atoms with Crippen molar-refractivity contribution >= 4 is 13.9 Å². The number of fused-ring (bicyclic) bond motifs is 1. The standard InChI is InChI=1S/C9H16OSi/c1-11(2,3)9-5-7(9)4-8(10)6-9/h7H,4-6H2,1-3H3. The van der Waals surface area contributed by atoms with E-state index in [1.54, 1.807) is 0 Å². The van der Waals surface area contributed by atoms with Gasteiger partial charge in [0, 0.05) is 12.8 Å². The maximum Gasteiger partial charge on any atom is 0.133 e. The fourth-order valence-electron chi connectivity index (χ4n) is 2.75. The van der Waals surface area contributed by atoms with Gasteiger partial charge in [-0.05, 0) is 17.4 Å². The molecule has 0 N–H and O–H groups in total. The van der Waals surface area contributed by atoms with Crippen LogP contribution in [0.25, 0.3) is 0 Å². The van der Waals surface area contributed by atoms with Crippen molar-refractivity contribution < 1.29 is 4.79 Å². The van der Waals surface area contributed by atoms with E-state index < -0.39 is 8.07 Å². The Labute approximate surface area is 69.2 Å². The molecule has 2 aliphatic rings. The number of carbonyl (C=O) groups excluding carboxylic acids is 1. The molecule has 11 heavy (non-hydrogen) atoms. The Morgan fingerprint density at radius 3 is 2.36 bits per heavy atom. The first-order valence-electron chi connectivity index (χ1n) is 4.47. The summed E-state index contributed by atoms with van der Waals surface area (Å²) in [5.41, 5.74) is 0. The van der Waals surface area contributed by atoms with Gasteiger partial charge in [-0.3, -0.25) is 4.79 Å². The highest BCUT2D eigenvalue weighted by atomic mass is 28.3. The maximum atomic E-state index is 11.2. The van der Waals surface area contributed by atoms with Crippen molar-refractivity contribution in [2.45, 2.75) is 43.9 Å². The molecule has 0 saturated heterocycles. The molecule has 2 heteroatoms. The van der Waals surface area contributed by atoms with Gasteiger partial charge >= 0.3 is 0 Å². The molecule has 0 aliphatic heterocycles. The first-order chi connectivity index (χ1) is 4.96. The minimum absolute atomic E-state index is 0.531. The monoisotopic (exact) mass is 168 g/mol. The minimum Gasteiger partial charge on any atom is -0.300 e. The van der Waals surface area contributed by atoms with Crippen molar-refractivity contribution in [2.24, 2.45) is 5.92 Å². The summed E-state index contributed by atoms with van der Waals surface area (Å²) in [5.74, 6) is 1.34. The molecule has 0 amide bonds. The normalized spacial score (nSPS) is 42.5. The van der Waals surface area contributed by atoms with Gasteiger partial charge in [0.25, 0.3) is 0 Å². The first-order valence-corrected chi connectivity index (χ1v) is 7.97. The molecule has 0 spiro atoms. The smallest absolute Gasteiger partial charge is 0.133 e. The molecule has 2 rings (SSSR count). The summed E-state index contributed by atoms with van der Waals surface area (Å²) in [7, 11) is -1.04. The number of hydrogen-bond acceptors (Lipinski definition) is 1. The SMILES string of the molecule is C[Si](C)(C)C12CC(=O)CC1C2. The third-order valence-electron chi connectivity index (χ3n) is 3.71. The van der Waals surface area contributed by atoms with Gasteiger partial charge in [0.15, 0.2) is 0 Å². The molecular formula is C9H16OSi. The van der Waals surface area contributed by atoms with Crippen LogP contribution < -0.4 is 0 Å². The van der Waals surface area contributed by atoms with E-state index in [4.69, 9.17) is 0 Å². The van der Waals surface area contributed by atoms with Crippen LogP contribution >= 0.6 is 0 Å². The maximum absolute atomic E-state index is 11.2. The first kappa shape index (κ1) is 7.53. The largest absolute Gasteiger partial charge is 0.300 e. The molecule has 0 bridgehead atoms. The van der Waals surface area contributed by atoms with Gasteiger partial charge in [0.1, 0.15) is 5.78 Å². The summed E-state index contributed by atoms with van der Waals surface area (Å²) in [6.07, 6.45) is 3.20. The number of hydrogen-bond donors (Lipinski definition) is 0. The third-order valence-corrected chi connectivity index (χ3v) is 7.49. The van der Waals surface area contributed by atoms with Crippen LogP contribution in [0, 0.1) is 5.92 Å².